The van der Waals surface area contributed by atoms with E-state index >= 15 is 0 Å². The number of anilines is 2. The van der Waals surface area contributed by atoms with E-state index < -0.39 is 0 Å². The summed E-state index contributed by atoms with van der Waals surface area (Å²) in [6, 6.07) is 8.72. The van der Waals surface area contributed by atoms with Crippen molar-refractivity contribution in [3.8, 4) is 0 Å². The average Bonchev–Trinajstić information content (AvgIpc) is 2.72. The SMILES string of the molecule is Cc1nc(N)nc(N[C@@H]2CCc3ccccc32)n1. The summed E-state index contributed by atoms with van der Waals surface area (Å²) in [5.74, 6) is 1.45. The predicted octanol–water partition coefficient (Wildman–Crippen LogP) is 1.86. The summed E-state index contributed by atoms with van der Waals surface area (Å²) in [7, 11) is 0. The lowest BCUT2D eigenvalue weighted by atomic mass is 10.1. The van der Waals surface area contributed by atoms with Gasteiger partial charge in [0.1, 0.15) is 5.82 Å². The van der Waals surface area contributed by atoms with Gasteiger partial charge < -0.3 is 11.1 Å². The van der Waals surface area contributed by atoms with Crippen LogP contribution in [0.1, 0.15) is 29.4 Å². The molecule has 1 aliphatic rings. The molecule has 0 amide bonds. The number of aryl methyl sites for hydroxylation is 2. The van der Waals surface area contributed by atoms with E-state index in [1.807, 2.05) is 6.92 Å². The lowest BCUT2D eigenvalue weighted by Crippen LogP contribution is -2.12. The van der Waals surface area contributed by atoms with Crippen LogP contribution in [0, 0.1) is 6.92 Å². The fourth-order valence-corrected chi connectivity index (χ4v) is 2.43. The van der Waals surface area contributed by atoms with Crippen LogP contribution in [0.4, 0.5) is 11.9 Å². The van der Waals surface area contributed by atoms with Gasteiger partial charge in [0.25, 0.3) is 0 Å². The third kappa shape index (κ3) is 1.99. The lowest BCUT2D eigenvalue weighted by Gasteiger charge is -2.14. The highest BCUT2D eigenvalue weighted by atomic mass is 15.2. The number of fused-ring (bicyclic) bond motifs is 1. The second-order valence-electron chi connectivity index (χ2n) is 4.50. The number of nitrogens with zero attached hydrogens (tertiary/aromatic N) is 3. The van der Waals surface area contributed by atoms with Gasteiger partial charge in [0.2, 0.25) is 11.9 Å². The molecule has 2 aromatic rings. The molecule has 18 heavy (non-hydrogen) atoms. The maximum absolute atomic E-state index is 5.63. The second-order valence-corrected chi connectivity index (χ2v) is 4.50. The van der Waals surface area contributed by atoms with E-state index in [1.165, 1.54) is 11.1 Å². The third-order valence-electron chi connectivity index (χ3n) is 3.20. The highest BCUT2D eigenvalue weighted by Crippen LogP contribution is 2.32. The van der Waals surface area contributed by atoms with Crippen molar-refractivity contribution in [2.75, 3.05) is 11.1 Å². The zero-order chi connectivity index (χ0) is 12.5. The molecule has 3 rings (SSSR count). The molecule has 1 aromatic carbocycles. The van der Waals surface area contributed by atoms with Gasteiger partial charge in [-0.25, -0.2) is 0 Å². The molecular formula is C13H15N5. The minimum absolute atomic E-state index is 0.260. The highest BCUT2D eigenvalue weighted by molar-refractivity contribution is 5.41. The first-order chi connectivity index (χ1) is 8.72. The van der Waals surface area contributed by atoms with Crippen LogP contribution in [0.2, 0.25) is 0 Å². The zero-order valence-electron chi connectivity index (χ0n) is 10.2. The smallest absolute Gasteiger partial charge is 0.228 e. The van der Waals surface area contributed by atoms with Crippen LogP contribution in [-0.4, -0.2) is 15.0 Å². The van der Waals surface area contributed by atoms with E-state index in [1.54, 1.807) is 0 Å². The number of nitrogen functional groups attached to an aromatic ring is 1. The van der Waals surface area contributed by atoms with Crippen molar-refractivity contribution >= 4 is 11.9 Å². The van der Waals surface area contributed by atoms with Gasteiger partial charge in [-0.2, -0.15) is 15.0 Å². The number of aromatic nitrogens is 3. The largest absolute Gasteiger partial charge is 0.368 e. The molecule has 1 atom stereocenters. The first kappa shape index (κ1) is 11.0. The molecule has 5 nitrogen and oxygen atoms in total. The fourth-order valence-electron chi connectivity index (χ4n) is 2.43. The van der Waals surface area contributed by atoms with Gasteiger partial charge in [-0.05, 0) is 30.9 Å². The lowest BCUT2D eigenvalue weighted by molar-refractivity contribution is 0.747. The van der Waals surface area contributed by atoms with Gasteiger partial charge in [0, 0.05) is 0 Å². The summed E-state index contributed by atoms with van der Waals surface area (Å²) in [5, 5.41) is 3.34. The van der Waals surface area contributed by atoms with Crippen LogP contribution < -0.4 is 11.1 Å². The molecule has 0 saturated heterocycles. The molecule has 1 aliphatic carbocycles. The van der Waals surface area contributed by atoms with Gasteiger partial charge in [-0.3, -0.25) is 0 Å². The van der Waals surface area contributed by atoms with E-state index in [2.05, 4.69) is 44.5 Å². The van der Waals surface area contributed by atoms with Crippen molar-refractivity contribution in [2.24, 2.45) is 0 Å². The number of hydrogen-bond acceptors (Lipinski definition) is 5. The van der Waals surface area contributed by atoms with Crippen molar-refractivity contribution in [3.05, 3.63) is 41.2 Å². The summed E-state index contributed by atoms with van der Waals surface area (Å²) >= 11 is 0. The van der Waals surface area contributed by atoms with Crippen LogP contribution >= 0.6 is 0 Å². The van der Waals surface area contributed by atoms with E-state index in [0.29, 0.717) is 11.8 Å². The molecule has 5 heteroatoms. The van der Waals surface area contributed by atoms with Crippen molar-refractivity contribution < 1.29 is 0 Å². The van der Waals surface area contributed by atoms with Crippen LogP contribution in [0.3, 0.4) is 0 Å². The molecule has 0 aliphatic heterocycles. The zero-order valence-corrected chi connectivity index (χ0v) is 10.2. The number of nitrogens with one attached hydrogen (secondary N) is 1. The van der Waals surface area contributed by atoms with Crippen LogP contribution in [0.25, 0.3) is 0 Å². The van der Waals surface area contributed by atoms with E-state index in [9.17, 15) is 0 Å². The van der Waals surface area contributed by atoms with E-state index in [4.69, 9.17) is 5.73 Å². The minimum atomic E-state index is 0.260. The molecule has 3 N–H and O–H groups in total. The Labute approximate surface area is 105 Å². The Morgan fingerprint density at radius 1 is 1.22 bits per heavy atom. The molecule has 0 saturated carbocycles. The highest BCUT2D eigenvalue weighted by Gasteiger charge is 2.22. The van der Waals surface area contributed by atoms with Gasteiger partial charge in [0.05, 0.1) is 6.04 Å². The minimum Gasteiger partial charge on any atom is -0.368 e. The average molecular weight is 241 g/mol. The van der Waals surface area contributed by atoms with Crippen molar-refractivity contribution in [1.29, 1.82) is 0 Å². The summed E-state index contributed by atoms with van der Waals surface area (Å²) < 4.78 is 0. The molecule has 0 unspecified atom stereocenters. The number of nitrogens with two attached hydrogens (primary N) is 1. The van der Waals surface area contributed by atoms with Crippen molar-refractivity contribution in [3.63, 3.8) is 0 Å². The molecule has 0 fully saturated rings. The topological polar surface area (TPSA) is 76.7 Å². The Morgan fingerprint density at radius 2 is 2.06 bits per heavy atom. The molecule has 0 radical (unpaired) electrons. The number of benzene rings is 1. The standard InChI is InChI=1S/C13H15N5/c1-8-15-12(14)18-13(16-8)17-11-7-6-9-4-2-3-5-10(9)11/h2-5,11H,6-7H2,1H3,(H3,14,15,16,17,18)/t11-/m1/s1. The van der Waals surface area contributed by atoms with Gasteiger partial charge in [-0.15, -0.1) is 0 Å². The molecule has 0 spiro atoms. The Bertz CT molecular complexity index is 561. The number of rotatable bonds is 2. The normalized spacial score (nSPS) is 17.5. The summed E-state index contributed by atoms with van der Waals surface area (Å²) in [6.07, 6.45) is 2.15. The Balaban J connectivity index is 1.86. The van der Waals surface area contributed by atoms with Crippen molar-refractivity contribution in [2.45, 2.75) is 25.8 Å². The van der Waals surface area contributed by atoms with E-state index in [0.717, 1.165) is 12.8 Å². The Morgan fingerprint density at radius 3 is 2.89 bits per heavy atom. The van der Waals surface area contributed by atoms with Gasteiger partial charge >= 0.3 is 0 Å². The monoisotopic (exact) mass is 241 g/mol. The quantitative estimate of drug-likeness (QED) is 0.839. The second kappa shape index (κ2) is 4.25. The molecule has 92 valence electrons. The first-order valence-electron chi connectivity index (χ1n) is 6.05. The third-order valence-corrected chi connectivity index (χ3v) is 3.20. The van der Waals surface area contributed by atoms with Crippen molar-refractivity contribution in [1.82, 2.24) is 15.0 Å². The molecule has 1 heterocycles. The fraction of sp³-hybridized carbons (Fsp3) is 0.308. The van der Waals surface area contributed by atoms with Crippen LogP contribution in [-0.2, 0) is 6.42 Å². The van der Waals surface area contributed by atoms with Gasteiger partial charge in [0.15, 0.2) is 0 Å². The summed E-state index contributed by atoms with van der Waals surface area (Å²) in [4.78, 5) is 12.3. The molecule has 1 aromatic heterocycles. The van der Waals surface area contributed by atoms with E-state index in [-0.39, 0.29) is 12.0 Å². The summed E-state index contributed by atoms with van der Waals surface area (Å²) in [5.41, 5.74) is 8.35. The predicted molar refractivity (Wildman–Crippen MR) is 70.1 cm³/mol. The molecule has 0 bridgehead atoms. The Kier molecular flexibility index (Phi) is 2.59. The number of hydrogen-bond donors (Lipinski definition) is 2. The van der Waals surface area contributed by atoms with Crippen LogP contribution in [0.15, 0.2) is 24.3 Å². The maximum Gasteiger partial charge on any atom is 0.228 e. The molecular weight excluding hydrogens is 226 g/mol. The first-order valence-corrected chi connectivity index (χ1v) is 6.05. The van der Waals surface area contributed by atoms with Gasteiger partial charge in [-0.1, -0.05) is 24.3 Å². The Hall–Kier alpha value is -2.17. The maximum atomic E-state index is 5.63. The van der Waals surface area contributed by atoms with Crippen LogP contribution in [0.5, 0.6) is 0 Å². The summed E-state index contributed by atoms with van der Waals surface area (Å²) in [6.45, 7) is 1.81.